The predicted molar refractivity (Wildman–Crippen MR) is 54.5 cm³/mol. The van der Waals surface area contributed by atoms with E-state index in [4.69, 9.17) is 0 Å². The molecule has 1 aromatic heterocycles. The normalized spacial score (nSPS) is 13.8. The maximum atomic E-state index is 12.2. The van der Waals surface area contributed by atoms with Crippen LogP contribution in [-0.2, 0) is 6.18 Å². The second-order valence-electron chi connectivity index (χ2n) is 3.35. The van der Waals surface area contributed by atoms with Crippen molar-refractivity contribution in [2.24, 2.45) is 5.92 Å². The van der Waals surface area contributed by atoms with Gasteiger partial charge in [-0.25, -0.2) is 4.98 Å². The molecule has 0 aliphatic rings. The van der Waals surface area contributed by atoms with Crippen molar-refractivity contribution in [1.29, 1.82) is 0 Å². The van der Waals surface area contributed by atoms with Crippen LogP contribution in [0.5, 0.6) is 0 Å². The molecule has 1 rings (SSSR count). The summed E-state index contributed by atoms with van der Waals surface area (Å²) in [5.74, 6) is -0.672. The van der Waals surface area contributed by atoms with E-state index >= 15 is 0 Å². The highest BCUT2D eigenvalue weighted by Crippen LogP contribution is 2.32. The molecule has 0 saturated heterocycles. The molecule has 0 aromatic carbocycles. The zero-order valence-corrected chi connectivity index (χ0v) is 9.58. The van der Waals surface area contributed by atoms with E-state index in [0.29, 0.717) is 17.9 Å². The summed E-state index contributed by atoms with van der Waals surface area (Å²) in [6, 6.07) is 0. The van der Waals surface area contributed by atoms with E-state index in [9.17, 15) is 18.0 Å². The first-order valence-electron chi connectivity index (χ1n) is 4.58. The van der Waals surface area contributed by atoms with Crippen LogP contribution in [0.2, 0.25) is 0 Å². The van der Waals surface area contributed by atoms with Gasteiger partial charge in [0.1, 0.15) is 0 Å². The highest BCUT2D eigenvalue weighted by molar-refractivity contribution is 7.13. The van der Waals surface area contributed by atoms with Crippen molar-refractivity contribution in [1.82, 2.24) is 10.3 Å². The van der Waals surface area contributed by atoms with Gasteiger partial charge in [-0.3, -0.25) is 4.79 Å². The summed E-state index contributed by atoms with van der Waals surface area (Å²) in [6.07, 6.45) is -3.49. The van der Waals surface area contributed by atoms with E-state index in [1.165, 1.54) is 0 Å². The lowest BCUT2D eigenvalue weighted by Crippen LogP contribution is -2.23. The summed E-state index contributed by atoms with van der Waals surface area (Å²) < 4.78 is 36.7. The number of rotatable bonds is 4. The second kappa shape index (κ2) is 4.92. The molecule has 7 heteroatoms. The number of nitrogens with zero attached hydrogens (tertiary/aromatic N) is 1. The molecule has 0 spiro atoms. The molecule has 0 aliphatic carbocycles. The molecule has 16 heavy (non-hydrogen) atoms. The molecule has 1 atom stereocenters. The summed E-state index contributed by atoms with van der Waals surface area (Å²) in [7, 11) is 1.68. The summed E-state index contributed by atoms with van der Waals surface area (Å²) in [4.78, 5) is 14.9. The van der Waals surface area contributed by atoms with Gasteiger partial charge in [0.25, 0.3) is 0 Å². The lowest BCUT2D eigenvalue weighted by molar-refractivity contribution is -0.137. The fourth-order valence-electron chi connectivity index (χ4n) is 1.16. The molecule has 3 nitrogen and oxygen atoms in total. The van der Waals surface area contributed by atoms with Crippen LogP contribution in [0.1, 0.15) is 21.6 Å². The van der Waals surface area contributed by atoms with Gasteiger partial charge in [-0.1, -0.05) is 6.92 Å². The molecule has 1 heterocycles. The first-order valence-corrected chi connectivity index (χ1v) is 5.39. The number of carbonyl (C=O) groups excluding carboxylic acids is 1. The molecule has 1 unspecified atom stereocenters. The number of aromatic nitrogens is 1. The second-order valence-corrected chi connectivity index (χ2v) is 4.38. The highest BCUT2D eigenvalue weighted by Gasteiger charge is 2.35. The molecule has 0 bridgehead atoms. The Labute approximate surface area is 94.7 Å². The van der Waals surface area contributed by atoms with E-state index in [1.807, 2.05) is 0 Å². The third-order valence-electron chi connectivity index (χ3n) is 1.95. The Morgan fingerprint density at radius 3 is 2.69 bits per heavy atom. The SMILES string of the molecule is CNCC(C)C(=O)c1cnc(C(F)(F)F)s1. The van der Waals surface area contributed by atoms with Gasteiger partial charge in [0, 0.05) is 18.7 Å². The number of hydrogen-bond donors (Lipinski definition) is 1. The van der Waals surface area contributed by atoms with Gasteiger partial charge >= 0.3 is 6.18 Å². The van der Waals surface area contributed by atoms with Crippen LogP contribution in [0.15, 0.2) is 6.20 Å². The number of thiazole rings is 1. The van der Waals surface area contributed by atoms with Crippen molar-refractivity contribution >= 4 is 17.1 Å². The number of carbonyl (C=O) groups is 1. The first-order chi connectivity index (χ1) is 7.36. The van der Waals surface area contributed by atoms with Gasteiger partial charge in [-0.05, 0) is 7.05 Å². The number of nitrogens with one attached hydrogen (secondary N) is 1. The van der Waals surface area contributed by atoms with Crippen LogP contribution in [0.4, 0.5) is 13.2 Å². The Kier molecular flexibility index (Phi) is 4.03. The lowest BCUT2D eigenvalue weighted by Gasteiger charge is -2.06. The van der Waals surface area contributed by atoms with Gasteiger partial charge in [0.15, 0.2) is 10.8 Å². The average Bonchev–Trinajstić information content (AvgIpc) is 2.65. The third kappa shape index (κ3) is 3.02. The molecule has 0 fully saturated rings. The number of halogens is 3. The highest BCUT2D eigenvalue weighted by atomic mass is 32.1. The topological polar surface area (TPSA) is 42.0 Å². The molecular formula is C9H11F3N2OS. The number of ketones is 1. The third-order valence-corrected chi connectivity index (χ3v) is 3.01. The predicted octanol–water partition coefficient (Wildman–Crippen LogP) is 2.20. The molecule has 1 N–H and O–H groups in total. The van der Waals surface area contributed by atoms with Crippen LogP contribution in [0, 0.1) is 5.92 Å². The Hall–Kier alpha value is -0.950. The number of hydrogen-bond acceptors (Lipinski definition) is 4. The summed E-state index contributed by atoms with van der Waals surface area (Å²) in [6.45, 7) is 2.09. The van der Waals surface area contributed by atoms with Crippen molar-refractivity contribution < 1.29 is 18.0 Å². The standard InChI is InChI=1S/C9H11F3N2OS/c1-5(3-13-2)7(15)6-4-14-8(16-6)9(10,11)12/h4-5,13H,3H2,1-2H3. The fraction of sp³-hybridized carbons (Fsp3) is 0.556. The Morgan fingerprint density at radius 1 is 1.62 bits per heavy atom. The van der Waals surface area contributed by atoms with Gasteiger partial charge in [-0.2, -0.15) is 13.2 Å². The summed E-state index contributed by atoms with van der Waals surface area (Å²) >= 11 is 0.389. The minimum absolute atomic E-state index is 0.0510. The van der Waals surface area contributed by atoms with E-state index in [1.54, 1.807) is 14.0 Å². The minimum atomic E-state index is -4.48. The lowest BCUT2D eigenvalue weighted by atomic mass is 10.1. The van der Waals surface area contributed by atoms with Crippen molar-refractivity contribution in [2.75, 3.05) is 13.6 Å². The van der Waals surface area contributed by atoms with E-state index < -0.39 is 11.2 Å². The maximum Gasteiger partial charge on any atom is 0.443 e. The van der Waals surface area contributed by atoms with Gasteiger partial charge < -0.3 is 5.32 Å². The fourth-order valence-corrected chi connectivity index (χ4v) is 2.00. The average molecular weight is 252 g/mol. The minimum Gasteiger partial charge on any atom is -0.319 e. The van der Waals surface area contributed by atoms with Crippen molar-refractivity contribution in [3.63, 3.8) is 0 Å². The molecule has 0 radical (unpaired) electrons. The van der Waals surface area contributed by atoms with Crippen LogP contribution >= 0.6 is 11.3 Å². The summed E-state index contributed by atoms with van der Waals surface area (Å²) in [5, 5.41) is 1.82. The molecule has 1 aromatic rings. The molecule has 90 valence electrons. The van der Waals surface area contributed by atoms with Gasteiger partial charge in [0.05, 0.1) is 4.88 Å². The van der Waals surface area contributed by atoms with Gasteiger partial charge in [-0.15, -0.1) is 11.3 Å². The quantitative estimate of drug-likeness (QED) is 0.835. The molecular weight excluding hydrogens is 241 g/mol. The maximum absolute atomic E-state index is 12.2. The van der Waals surface area contributed by atoms with Crippen LogP contribution in [0.3, 0.4) is 0 Å². The summed E-state index contributed by atoms with van der Waals surface area (Å²) in [5.41, 5.74) is 0. The Bertz CT molecular complexity index is 375. The van der Waals surface area contributed by atoms with E-state index in [-0.39, 0.29) is 16.6 Å². The van der Waals surface area contributed by atoms with Gasteiger partial charge in [0.2, 0.25) is 0 Å². The first kappa shape index (κ1) is 13.1. The number of alkyl halides is 3. The zero-order chi connectivity index (χ0) is 12.3. The molecule has 0 amide bonds. The smallest absolute Gasteiger partial charge is 0.319 e. The largest absolute Gasteiger partial charge is 0.443 e. The van der Waals surface area contributed by atoms with Crippen LogP contribution in [-0.4, -0.2) is 24.4 Å². The van der Waals surface area contributed by atoms with Crippen LogP contribution in [0.25, 0.3) is 0 Å². The van der Waals surface area contributed by atoms with E-state index in [2.05, 4.69) is 10.3 Å². The molecule has 0 saturated carbocycles. The number of Topliss-reactive ketones (excluding diaryl/α,β-unsaturated/α-hetero) is 1. The zero-order valence-electron chi connectivity index (χ0n) is 8.76. The van der Waals surface area contributed by atoms with Crippen LogP contribution < -0.4 is 5.32 Å². The molecule has 0 aliphatic heterocycles. The Morgan fingerprint density at radius 2 is 2.25 bits per heavy atom. The Balaban J connectivity index is 2.82. The van der Waals surface area contributed by atoms with Crippen molar-refractivity contribution in [3.8, 4) is 0 Å². The van der Waals surface area contributed by atoms with Crippen molar-refractivity contribution in [3.05, 3.63) is 16.1 Å². The van der Waals surface area contributed by atoms with Crippen molar-refractivity contribution in [2.45, 2.75) is 13.1 Å². The monoisotopic (exact) mass is 252 g/mol. The van der Waals surface area contributed by atoms with E-state index in [0.717, 1.165) is 6.20 Å².